The topological polar surface area (TPSA) is 75.6 Å². The molecular weight excluding hydrogens is 266 g/mol. The Morgan fingerprint density at radius 1 is 1.42 bits per heavy atom. The average molecular weight is 281 g/mol. The Kier molecular flexibility index (Phi) is 4.31. The number of rotatable bonds is 5. The molecule has 102 valence electrons. The molecule has 5 nitrogen and oxygen atoms in total. The Bertz CT molecular complexity index is 503. The molecule has 19 heavy (non-hydrogen) atoms. The van der Waals surface area contributed by atoms with Crippen LogP contribution in [0.4, 0.5) is 4.79 Å². The summed E-state index contributed by atoms with van der Waals surface area (Å²) in [5.74, 6) is 0.555. The largest absolute Gasteiger partial charge is 0.504 e. The molecule has 0 aromatic heterocycles. The van der Waals surface area contributed by atoms with Crippen LogP contribution in [-0.4, -0.2) is 28.6 Å². The fourth-order valence-corrected chi connectivity index (χ4v) is 2.67. The van der Waals surface area contributed by atoms with E-state index in [-0.39, 0.29) is 22.1 Å². The number of hydrogen-bond donors (Lipinski definition) is 2. The Morgan fingerprint density at radius 3 is 2.84 bits per heavy atom. The van der Waals surface area contributed by atoms with Crippen molar-refractivity contribution in [3.05, 3.63) is 23.8 Å². The lowest BCUT2D eigenvalue weighted by Gasteiger charge is -2.09. The molecule has 1 saturated heterocycles. The summed E-state index contributed by atoms with van der Waals surface area (Å²) in [4.78, 5) is 22.4. The molecule has 0 radical (unpaired) electrons. The van der Waals surface area contributed by atoms with Crippen molar-refractivity contribution in [3.8, 4) is 11.5 Å². The van der Waals surface area contributed by atoms with E-state index in [4.69, 9.17) is 4.74 Å². The van der Waals surface area contributed by atoms with Gasteiger partial charge in [0.05, 0.1) is 13.2 Å². The van der Waals surface area contributed by atoms with E-state index in [0.29, 0.717) is 12.2 Å². The summed E-state index contributed by atoms with van der Waals surface area (Å²) in [6, 6.07) is 4.82. The quantitative estimate of drug-likeness (QED) is 0.864. The van der Waals surface area contributed by atoms with Crippen LogP contribution in [0.15, 0.2) is 18.2 Å². The van der Waals surface area contributed by atoms with Crippen LogP contribution in [0.5, 0.6) is 11.5 Å². The Morgan fingerprint density at radius 2 is 2.21 bits per heavy atom. The summed E-state index contributed by atoms with van der Waals surface area (Å²) in [5.41, 5.74) is 1.03. The number of carbonyl (C=O) groups excluding carboxylic acids is 2. The molecule has 1 aromatic rings. The predicted octanol–water partition coefficient (Wildman–Crippen LogP) is 2.08. The molecule has 0 aliphatic carbocycles. The van der Waals surface area contributed by atoms with Gasteiger partial charge in [-0.15, -0.1) is 0 Å². The summed E-state index contributed by atoms with van der Waals surface area (Å²) in [7, 11) is 1.50. The predicted molar refractivity (Wildman–Crippen MR) is 72.5 cm³/mol. The number of phenols is 1. The van der Waals surface area contributed by atoms with E-state index in [0.717, 1.165) is 30.2 Å². The van der Waals surface area contributed by atoms with Crippen molar-refractivity contribution >= 4 is 22.1 Å². The molecule has 1 heterocycles. The van der Waals surface area contributed by atoms with E-state index in [9.17, 15) is 14.7 Å². The van der Waals surface area contributed by atoms with Gasteiger partial charge in [0, 0.05) is 11.8 Å². The maximum absolute atomic E-state index is 11.4. The highest BCUT2D eigenvalue weighted by molar-refractivity contribution is 8.26. The molecule has 1 atom stereocenters. The van der Waals surface area contributed by atoms with Gasteiger partial charge in [0.2, 0.25) is 5.12 Å². The van der Waals surface area contributed by atoms with Crippen LogP contribution in [0.3, 0.4) is 0 Å². The van der Waals surface area contributed by atoms with E-state index in [2.05, 4.69) is 5.32 Å². The summed E-state index contributed by atoms with van der Waals surface area (Å²) in [5, 5.41) is 11.7. The minimum atomic E-state index is -0.364. The third-order valence-corrected chi connectivity index (χ3v) is 3.76. The summed E-state index contributed by atoms with van der Waals surface area (Å²) in [6.45, 7) is 0. The molecule has 0 saturated carbocycles. The van der Waals surface area contributed by atoms with Crippen molar-refractivity contribution < 1.29 is 19.4 Å². The molecule has 1 aliphatic heterocycles. The van der Waals surface area contributed by atoms with Crippen molar-refractivity contribution in [1.29, 1.82) is 0 Å². The standard InChI is InChI=1S/C13H15NO4S/c1-18-11-7-8(5-6-10(11)15)3-2-4-9-12(16)19-13(17)14-9/h5-7,9,15H,2-4H2,1H3,(H,14,17). The second-order valence-electron chi connectivity index (χ2n) is 4.30. The van der Waals surface area contributed by atoms with Crippen molar-refractivity contribution in [2.75, 3.05) is 7.11 Å². The first kappa shape index (κ1) is 13.7. The number of aromatic hydroxyl groups is 1. The van der Waals surface area contributed by atoms with Crippen LogP contribution in [0.1, 0.15) is 18.4 Å². The lowest BCUT2D eigenvalue weighted by atomic mass is 10.0. The van der Waals surface area contributed by atoms with Gasteiger partial charge >= 0.3 is 0 Å². The zero-order valence-corrected chi connectivity index (χ0v) is 11.3. The number of thioether (sulfide) groups is 1. The molecule has 0 bridgehead atoms. The minimum absolute atomic E-state index is 0.103. The number of phenolic OH excluding ortho intramolecular Hbond substituents is 1. The highest BCUT2D eigenvalue weighted by Gasteiger charge is 2.30. The normalized spacial score (nSPS) is 18.5. The molecule has 2 rings (SSSR count). The Labute approximate surface area is 115 Å². The zero-order chi connectivity index (χ0) is 13.8. The van der Waals surface area contributed by atoms with Crippen molar-refractivity contribution in [2.45, 2.75) is 25.3 Å². The third kappa shape index (κ3) is 3.41. The second kappa shape index (κ2) is 5.97. The summed E-state index contributed by atoms with van der Waals surface area (Å²) < 4.78 is 5.03. The first-order valence-electron chi connectivity index (χ1n) is 5.98. The van der Waals surface area contributed by atoms with E-state index in [1.165, 1.54) is 7.11 Å². The molecule has 0 spiro atoms. The third-order valence-electron chi connectivity index (χ3n) is 2.97. The van der Waals surface area contributed by atoms with E-state index >= 15 is 0 Å². The average Bonchev–Trinajstić information content (AvgIpc) is 2.70. The van der Waals surface area contributed by atoms with Crippen molar-refractivity contribution in [3.63, 3.8) is 0 Å². The molecule has 1 aliphatic rings. The first-order chi connectivity index (χ1) is 9.10. The monoisotopic (exact) mass is 281 g/mol. The van der Waals surface area contributed by atoms with Crippen LogP contribution in [0.25, 0.3) is 0 Å². The molecule has 1 aromatic carbocycles. The van der Waals surface area contributed by atoms with Gasteiger partial charge in [0.1, 0.15) is 0 Å². The van der Waals surface area contributed by atoms with E-state index < -0.39 is 0 Å². The number of methoxy groups -OCH3 is 1. The maximum atomic E-state index is 11.4. The van der Waals surface area contributed by atoms with Gasteiger partial charge < -0.3 is 15.2 Å². The number of carbonyl (C=O) groups is 2. The van der Waals surface area contributed by atoms with Crippen LogP contribution < -0.4 is 10.1 Å². The van der Waals surface area contributed by atoms with Gasteiger partial charge in [0.25, 0.3) is 5.24 Å². The first-order valence-corrected chi connectivity index (χ1v) is 6.80. The number of ether oxygens (including phenoxy) is 1. The number of benzene rings is 1. The molecule has 1 unspecified atom stereocenters. The van der Waals surface area contributed by atoms with Gasteiger partial charge in [-0.1, -0.05) is 6.07 Å². The lowest BCUT2D eigenvalue weighted by molar-refractivity contribution is -0.112. The minimum Gasteiger partial charge on any atom is -0.504 e. The summed E-state index contributed by atoms with van der Waals surface area (Å²) >= 11 is 0.741. The van der Waals surface area contributed by atoms with Crippen LogP contribution in [-0.2, 0) is 11.2 Å². The second-order valence-corrected chi connectivity index (χ2v) is 5.28. The maximum Gasteiger partial charge on any atom is 0.287 e. The van der Waals surface area contributed by atoms with E-state index in [1.54, 1.807) is 12.1 Å². The van der Waals surface area contributed by atoms with Gasteiger partial charge in [-0.25, -0.2) is 0 Å². The van der Waals surface area contributed by atoms with Crippen molar-refractivity contribution in [1.82, 2.24) is 5.32 Å². The fraction of sp³-hybridized carbons (Fsp3) is 0.385. The molecule has 1 fully saturated rings. The highest BCUT2D eigenvalue weighted by Crippen LogP contribution is 2.27. The van der Waals surface area contributed by atoms with Gasteiger partial charge in [-0.2, -0.15) is 0 Å². The smallest absolute Gasteiger partial charge is 0.287 e. The summed E-state index contributed by atoms with van der Waals surface area (Å²) in [6.07, 6.45) is 2.17. The zero-order valence-electron chi connectivity index (χ0n) is 10.5. The van der Waals surface area contributed by atoms with Crippen LogP contribution >= 0.6 is 11.8 Å². The number of hydrogen-bond acceptors (Lipinski definition) is 5. The SMILES string of the molecule is COc1cc(CCCC2NC(=O)SC2=O)ccc1O. The van der Waals surface area contributed by atoms with Gasteiger partial charge in [-0.3, -0.25) is 9.59 Å². The Balaban J connectivity index is 1.86. The highest BCUT2D eigenvalue weighted by atomic mass is 32.2. The fourth-order valence-electron chi connectivity index (χ4n) is 1.97. The number of aryl methyl sites for hydroxylation is 1. The van der Waals surface area contributed by atoms with E-state index in [1.807, 2.05) is 6.07 Å². The molecule has 1 amide bonds. The Hall–Kier alpha value is -1.69. The van der Waals surface area contributed by atoms with Crippen LogP contribution in [0, 0.1) is 0 Å². The number of nitrogens with one attached hydrogen (secondary N) is 1. The molecular formula is C13H15NO4S. The lowest BCUT2D eigenvalue weighted by Crippen LogP contribution is -2.28. The van der Waals surface area contributed by atoms with Gasteiger partial charge in [0.15, 0.2) is 11.5 Å². The van der Waals surface area contributed by atoms with Crippen LogP contribution in [0.2, 0.25) is 0 Å². The molecule has 2 N–H and O–H groups in total. The molecule has 6 heteroatoms. The van der Waals surface area contributed by atoms with Crippen molar-refractivity contribution in [2.24, 2.45) is 0 Å². The van der Waals surface area contributed by atoms with Gasteiger partial charge in [-0.05, 0) is 37.0 Å². The number of amides is 1.